The minimum Gasteiger partial charge on any atom is -0.313 e. The van der Waals surface area contributed by atoms with Gasteiger partial charge in [0.1, 0.15) is 0 Å². The van der Waals surface area contributed by atoms with Crippen molar-refractivity contribution in [3.05, 3.63) is 34.9 Å². The standard InChI is InChI=1S/C14H23N5/c1-6-13(15-4)14-10(2)17-19(11(14)3)9-12-7-16-18(5)8-12/h7-8,13,15H,6,9H2,1-5H3. The van der Waals surface area contributed by atoms with Crippen molar-refractivity contribution in [3.8, 4) is 0 Å². The smallest absolute Gasteiger partial charge is 0.0693 e. The van der Waals surface area contributed by atoms with Crippen LogP contribution in [0.25, 0.3) is 0 Å². The molecule has 104 valence electrons. The molecule has 0 fully saturated rings. The lowest BCUT2D eigenvalue weighted by Crippen LogP contribution is -2.17. The average molecular weight is 261 g/mol. The van der Waals surface area contributed by atoms with E-state index in [1.165, 1.54) is 16.8 Å². The molecule has 0 bridgehead atoms. The molecule has 5 heteroatoms. The SMILES string of the molecule is CCC(NC)c1c(C)nn(Cc2cnn(C)c2)c1C. The maximum absolute atomic E-state index is 4.67. The van der Waals surface area contributed by atoms with Gasteiger partial charge in [0.2, 0.25) is 0 Å². The largest absolute Gasteiger partial charge is 0.313 e. The number of hydrogen-bond donors (Lipinski definition) is 1. The molecule has 0 saturated heterocycles. The second kappa shape index (κ2) is 5.57. The summed E-state index contributed by atoms with van der Waals surface area (Å²) in [6, 6.07) is 0.377. The Kier molecular flexibility index (Phi) is 4.04. The maximum atomic E-state index is 4.67. The van der Waals surface area contributed by atoms with E-state index in [9.17, 15) is 0 Å². The van der Waals surface area contributed by atoms with E-state index in [1.54, 1.807) is 0 Å². The molecule has 2 heterocycles. The summed E-state index contributed by atoms with van der Waals surface area (Å²) in [6.07, 6.45) is 4.99. The zero-order valence-electron chi connectivity index (χ0n) is 12.4. The summed E-state index contributed by atoms with van der Waals surface area (Å²) in [7, 11) is 3.94. The first-order chi connectivity index (χ1) is 9.06. The molecule has 2 aromatic rings. The van der Waals surface area contributed by atoms with Gasteiger partial charge in [0.15, 0.2) is 0 Å². The summed E-state index contributed by atoms with van der Waals surface area (Å²) in [6.45, 7) is 7.20. The summed E-state index contributed by atoms with van der Waals surface area (Å²) < 4.78 is 3.89. The molecular weight excluding hydrogens is 238 g/mol. The van der Waals surface area contributed by atoms with Gasteiger partial charge in [-0.05, 0) is 27.3 Å². The lowest BCUT2D eigenvalue weighted by molar-refractivity contribution is 0.568. The summed E-state index contributed by atoms with van der Waals surface area (Å²) in [4.78, 5) is 0. The fourth-order valence-electron chi connectivity index (χ4n) is 2.65. The van der Waals surface area contributed by atoms with Crippen molar-refractivity contribution in [1.82, 2.24) is 24.9 Å². The Balaban J connectivity index is 2.30. The molecule has 0 spiro atoms. The van der Waals surface area contributed by atoms with Crippen LogP contribution in [0.2, 0.25) is 0 Å². The molecule has 1 unspecified atom stereocenters. The van der Waals surface area contributed by atoms with Gasteiger partial charge >= 0.3 is 0 Å². The number of aromatic nitrogens is 4. The molecule has 1 atom stereocenters. The van der Waals surface area contributed by atoms with Crippen molar-refractivity contribution < 1.29 is 0 Å². The van der Waals surface area contributed by atoms with Crippen LogP contribution in [0.1, 0.15) is 41.9 Å². The van der Waals surface area contributed by atoms with Gasteiger partial charge in [-0.1, -0.05) is 6.92 Å². The quantitative estimate of drug-likeness (QED) is 0.895. The van der Waals surface area contributed by atoms with Crippen LogP contribution >= 0.6 is 0 Å². The molecule has 2 aromatic heterocycles. The normalized spacial score (nSPS) is 12.9. The number of nitrogens with zero attached hydrogens (tertiary/aromatic N) is 4. The number of aryl methyl sites for hydroxylation is 2. The third kappa shape index (κ3) is 2.71. The Hall–Kier alpha value is -1.62. The molecule has 0 amide bonds. The summed E-state index contributed by atoms with van der Waals surface area (Å²) in [5.41, 5.74) is 4.86. The van der Waals surface area contributed by atoms with Crippen molar-refractivity contribution in [3.63, 3.8) is 0 Å². The van der Waals surface area contributed by atoms with Crippen LogP contribution in [-0.2, 0) is 13.6 Å². The topological polar surface area (TPSA) is 47.7 Å². The van der Waals surface area contributed by atoms with E-state index < -0.39 is 0 Å². The number of rotatable bonds is 5. The van der Waals surface area contributed by atoms with E-state index in [4.69, 9.17) is 0 Å². The molecule has 0 radical (unpaired) electrons. The van der Waals surface area contributed by atoms with Crippen LogP contribution in [0.15, 0.2) is 12.4 Å². The fourth-order valence-corrected chi connectivity index (χ4v) is 2.65. The summed E-state index contributed by atoms with van der Waals surface area (Å²) in [5, 5.41) is 12.2. The van der Waals surface area contributed by atoms with Crippen molar-refractivity contribution in [2.75, 3.05) is 7.05 Å². The molecule has 0 aliphatic heterocycles. The van der Waals surface area contributed by atoms with Crippen molar-refractivity contribution >= 4 is 0 Å². The van der Waals surface area contributed by atoms with Gasteiger partial charge in [0.05, 0.1) is 18.4 Å². The van der Waals surface area contributed by atoms with Crippen molar-refractivity contribution in [2.24, 2.45) is 7.05 Å². The predicted octanol–water partition coefficient (Wildman–Crippen LogP) is 1.95. The van der Waals surface area contributed by atoms with E-state index in [2.05, 4.69) is 41.0 Å². The Morgan fingerprint density at radius 2 is 2.11 bits per heavy atom. The molecule has 0 aliphatic carbocycles. The minimum absolute atomic E-state index is 0.377. The van der Waals surface area contributed by atoms with Crippen LogP contribution in [-0.4, -0.2) is 26.6 Å². The highest BCUT2D eigenvalue weighted by atomic mass is 15.3. The van der Waals surface area contributed by atoms with Gasteiger partial charge in [0.25, 0.3) is 0 Å². The molecule has 0 aliphatic rings. The zero-order chi connectivity index (χ0) is 14.0. The van der Waals surface area contributed by atoms with Crippen LogP contribution < -0.4 is 5.32 Å². The monoisotopic (exact) mass is 261 g/mol. The highest BCUT2D eigenvalue weighted by Gasteiger charge is 2.18. The van der Waals surface area contributed by atoms with E-state index in [0.717, 1.165) is 18.7 Å². The van der Waals surface area contributed by atoms with Crippen molar-refractivity contribution in [2.45, 2.75) is 39.8 Å². The molecular formula is C14H23N5. The Bertz CT molecular complexity index is 548. The summed E-state index contributed by atoms with van der Waals surface area (Å²) in [5.74, 6) is 0. The molecule has 19 heavy (non-hydrogen) atoms. The lowest BCUT2D eigenvalue weighted by atomic mass is 10.0. The first-order valence-electron chi connectivity index (χ1n) is 6.75. The first kappa shape index (κ1) is 13.8. The highest BCUT2D eigenvalue weighted by molar-refractivity contribution is 5.28. The Labute approximate surface area is 114 Å². The van der Waals surface area contributed by atoms with Gasteiger partial charge in [-0.3, -0.25) is 9.36 Å². The van der Waals surface area contributed by atoms with Crippen LogP contribution in [0.4, 0.5) is 0 Å². The van der Waals surface area contributed by atoms with Crippen LogP contribution in [0.5, 0.6) is 0 Å². The number of hydrogen-bond acceptors (Lipinski definition) is 3. The van der Waals surface area contributed by atoms with E-state index in [0.29, 0.717) is 6.04 Å². The molecule has 0 aromatic carbocycles. The maximum Gasteiger partial charge on any atom is 0.0693 e. The van der Waals surface area contributed by atoms with Crippen molar-refractivity contribution in [1.29, 1.82) is 0 Å². The summed E-state index contributed by atoms with van der Waals surface area (Å²) >= 11 is 0. The molecule has 2 rings (SSSR count). The Morgan fingerprint density at radius 1 is 1.37 bits per heavy atom. The first-order valence-corrected chi connectivity index (χ1v) is 6.75. The zero-order valence-corrected chi connectivity index (χ0v) is 12.4. The van der Waals surface area contributed by atoms with Crippen LogP contribution in [0.3, 0.4) is 0 Å². The predicted molar refractivity (Wildman–Crippen MR) is 76.1 cm³/mol. The van der Waals surface area contributed by atoms with Crippen LogP contribution in [0, 0.1) is 13.8 Å². The third-order valence-electron chi connectivity index (χ3n) is 3.63. The van der Waals surface area contributed by atoms with E-state index in [-0.39, 0.29) is 0 Å². The lowest BCUT2D eigenvalue weighted by Gasteiger charge is -2.14. The third-order valence-corrected chi connectivity index (χ3v) is 3.63. The highest BCUT2D eigenvalue weighted by Crippen LogP contribution is 2.24. The minimum atomic E-state index is 0.377. The van der Waals surface area contributed by atoms with Gasteiger partial charge in [-0.2, -0.15) is 10.2 Å². The van der Waals surface area contributed by atoms with Gasteiger partial charge in [0, 0.05) is 36.1 Å². The molecule has 1 N–H and O–H groups in total. The van der Waals surface area contributed by atoms with Gasteiger partial charge in [-0.15, -0.1) is 0 Å². The second-order valence-corrected chi connectivity index (χ2v) is 5.01. The molecule has 0 saturated carbocycles. The number of nitrogens with one attached hydrogen (secondary N) is 1. The Morgan fingerprint density at radius 3 is 2.63 bits per heavy atom. The second-order valence-electron chi connectivity index (χ2n) is 5.01. The van der Waals surface area contributed by atoms with Gasteiger partial charge in [-0.25, -0.2) is 0 Å². The fraction of sp³-hybridized carbons (Fsp3) is 0.571. The van der Waals surface area contributed by atoms with Gasteiger partial charge < -0.3 is 5.32 Å². The average Bonchev–Trinajstić information content (AvgIpc) is 2.89. The molecule has 5 nitrogen and oxygen atoms in total. The van der Waals surface area contributed by atoms with E-state index >= 15 is 0 Å². The van der Waals surface area contributed by atoms with E-state index in [1.807, 2.05) is 31.2 Å².